The molecule has 1 atom stereocenters. The summed E-state index contributed by atoms with van der Waals surface area (Å²) in [5.74, 6) is 0.393. The fraction of sp³-hybridized carbons (Fsp3) is 0.208. The van der Waals surface area contributed by atoms with Crippen molar-refractivity contribution in [1.82, 2.24) is 5.32 Å². The number of aliphatic hydroxyl groups excluding tert-OH is 1. The first-order valence-electron chi connectivity index (χ1n) is 10.3. The molecule has 9 heteroatoms. The number of carbonyl (C=O) groups is 1. The van der Waals surface area contributed by atoms with Crippen LogP contribution >= 0.6 is 11.6 Å². The minimum atomic E-state index is -2.22. The lowest BCUT2D eigenvalue weighted by molar-refractivity contribution is 0.0951. The molecule has 0 aliphatic heterocycles. The minimum Gasteiger partial charge on any atom is -0.491 e. The van der Waals surface area contributed by atoms with Crippen LogP contribution in [0.3, 0.4) is 0 Å². The van der Waals surface area contributed by atoms with Gasteiger partial charge in [0.15, 0.2) is 0 Å². The molecule has 3 aromatic carbocycles. The number of carbonyl (C=O) groups excluding carboxylic acids is 1. The third-order valence-electron chi connectivity index (χ3n) is 4.88. The van der Waals surface area contributed by atoms with E-state index in [-0.39, 0.29) is 25.7 Å². The Bertz CT molecular complexity index is 1080. The molecule has 1 unspecified atom stereocenters. The van der Waals surface area contributed by atoms with Crippen molar-refractivity contribution in [2.75, 3.05) is 24.1 Å². The smallest absolute Gasteiger partial charge is 0.261 e. The second kappa shape index (κ2) is 12.4. The number of aliphatic hydroxyl groups is 1. The molecular weight excluding hydrogens is 464 g/mol. The molecule has 3 rings (SSSR count). The van der Waals surface area contributed by atoms with E-state index in [1.165, 1.54) is 4.31 Å². The van der Waals surface area contributed by atoms with E-state index in [2.05, 4.69) is 5.32 Å². The maximum atomic E-state index is 12.5. The third kappa shape index (κ3) is 7.30. The van der Waals surface area contributed by atoms with Crippen molar-refractivity contribution in [3.63, 3.8) is 0 Å². The van der Waals surface area contributed by atoms with Gasteiger partial charge in [0.25, 0.3) is 17.2 Å². The van der Waals surface area contributed by atoms with Gasteiger partial charge in [-0.05, 0) is 60.0 Å². The van der Waals surface area contributed by atoms with E-state index in [4.69, 9.17) is 21.4 Å². The summed E-state index contributed by atoms with van der Waals surface area (Å²) in [6.07, 6.45) is 0.498. The second-order valence-corrected chi connectivity index (χ2v) is 8.43. The SMILES string of the molecule is O=C(NCc1ccc(OCCO)cc1)c1ccc(N(CCc2ccccc2Cl)S(=O)O)cc1. The molecule has 0 radical (unpaired) electrons. The van der Waals surface area contributed by atoms with Crippen molar-refractivity contribution in [3.8, 4) is 5.75 Å². The van der Waals surface area contributed by atoms with Gasteiger partial charge in [-0.3, -0.25) is 13.7 Å². The van der Waals surface area contributed by atoms with Gasteiger partial charge in [-0.2, -0.15) is 0 Å². The van der Waals surface area contributed by atoms with Crippen LogP contribution in [0.4, 0.5) is 5.69 Å². The van der Waals surface area contributed by atoms with Crippen molar-refractivity contribution >= 4 is 34.5 Å². The monoisotopic (exact) mass is 488 g/mol. The topological polar surface area (TPSA) is 99.1 Å². The molecule has 3 N–H and O–H groups in total. The largest absolute Gasteiger partial charge is 0.491 e. The molecule has 3 aromatic rings. The number of hydrogen-bond acceptors (Lipinski definition) is 4. The molecule has 0 saturated heterocycles. The van der Waals surface area contributed by atoms with Crippen LogP contribution in [-0.4, -0.2) is 39.5 Å². The summed E-state index contributed by atoms with van der Waals surface area (Å²) in [4.78, 5) is 12.5. The van der Waals surface area contributed by atoms with Crippen LogP contribution in [0, 0.1) is 0 Å². The molecule has 0 fully saturated rings. The number of halogens is 1. The van der Waals surface area contributed by atoms with Gasteiger partial charge >= 0.3 is 0 Å². The number of anilines is 1. The van der Waals surface area contributed by atoms with E-state index in [1.54, 1.807) is 42.5 Å². The Hall–Kier alpha value is -2.91. The van der Waals surface area contributed by atoms with Crippen molar-refractivity contribution in [1.29, 1.82) is 0 Å². The lowest BCUT2D eigenvalue weighted by atomic mass is 10.1. The summed E-state index contributed by atoms with van der Waals surface area (Å²) in [6.45, 7) is 0.805. The molecule has 33 heavy (non-hydrogen) atoms. The van der Waals surface area contributed by atoms with E-state index in [0.717, 1.165) is 11.1 Å². The lowest BCUT2D eigenvalue weighted by Gasteiger charge is -2.20. The predicted molar refractivity (Wildman–Crippen MR) is 130 cm³/mol. The number of amides is 1. The normalized spacial score (nSPS) is 11.6. The molecule has 0 aromatic heterocycles. The van der Waals surface area contributed by atoms with Gasteiger partial charge in [0.05, 0.1) is 12.3 Å². The van der Waals surface area contributed by atoms with Crippen LogP contribution in [0.5, 0.6) is 5.75 Å². The summed E-state index contributed by atoms with van der Waals surface area (Å²) >= 11 is 3.96. The van der Waals surface area contributed by atoms with Crippen LogP contribution in [0.15, 0.2) is 72.8 Å². The van der Waals surface area contributed by atoms with Crippen molar-refractivity contribution in [2.45, 2.75) is 13.0 Å². The Labute approximate surface area is 200 Å². The van der Waals surface area contributed by atoms with Crippen molar-refractivity contribution in [2.24, 2.45) is 0 Å². The van der Waals surface area contributed by atoms with E-state index in [0.29, 0.717) is 35.0 Å². The number of hydrogen-bond donors (Lipinski definition) is 3. The molecular formula is C24H25ClN2O5S. The highest BCUT2D eigenvalue weighted by molar-refractivity contribution is 7.80. The molecule has 7 nitrogen and oxygen atoms in total. The first kappa shape index (κ1) is 24.7. The van der Waals surface area contributed by atoms with Gasteiger partial charge in [0.1, 0.15) is 12.4 Å². The molecule has 0 bridgehead atoms. The Balaban J connectivity index is 1.57. The molecule has 0 aliphatic carbocycles. The zero-order valence-electron chi connectivity index (χ0n) is 17.8. The number of benzene rings is 3. The quantitative estimate of drug-likeness (QED) is 0.356. The van der Waals surface area contributed by atoms with Crippen LogP contribution in [-0.2, 0) is 24.2 Å². The summed E-state index contributed by atoms with van der Waals surface area (Å²) in [5.41, 5.74) is 2.76. The fourth-order valence-corrected chi connectivity index (χ4v) is 3.93. The van der Waals surface area contributed by atoms with Gasteiger partial charge < -0.3 is 15.2 Å². The van der Waals surface area contributed by atoms with E-state index in [1.807, 2.05) is 30.3 Å². The van der Waals surface area contributed by atoms with Gasteiger partial charge in [0, 0.05) is 23.7 Å². The highest BCUT2D eigenvalue weighted by Gasteiger charge is 2.14. The number of nitrogens with zero attached hydrogens (tertiary/aromatic N) is 1. The van der Waals surface area contributed by atoms with Crippen LogP contribution in [0.25, 0.3) is 0 Å². The maximum Gasteiger partial charge on any atom is 0.261 e. The van der Waals surface area contributed by atoms with E-state index >= 15 is 0 Å². The Morgan fingerprint density at radius 2 is 1.73 bits per heavy atom. The summed E-state index contributed by atoms with van der Waals surface area (Å²) in [5, 5.41) is 12.2. The first-order valence-corrected chi connectivity index (χ1v) is 11.7. The lowest BCUT2D eigenvalue weighted by Crippen LogP contribution is -2.28. The Kier molecular flexibility index (Phi) is 9.26. The number of nitrogens with one attached hydrogen (secondary N) is 1. The first-order chi connectivity index (χ1) is 16.0. The zero-order chi connectivity index (χ0) is 23.6. The molecule has 1 amide bonds. The van der Waals surface area contributed by atoms with E-state index in [9.17, 15) is 13.6 Å². The molecule has 0 spiro atoms. The van der Waals surface area contributed by atoms with Gasteiger partial charge in [-0.15, -0.1) is 0 Å². The second-order valence-electron chi connectivity index (χ2n) is 7.12. The predicted octanol–water partition coefficient (Wildman–Crippen LogP) is 3.83. The van der Waals surface area contributed by atoms with Gasteiger partial charge in [-0.25, -0.2) is 4.21 Å². The van der Waals surface area contributed by atoms with Crippen LogP contribution in [0.1, 0.15) is 21.5 Å². The van der Waals surface area contributed by atoms with Crippen LogP contribution in [0.2, 0.25) is 5.02 Å². The molecule has 0 heterocycles. The van der Waals surface area contributed by atoms with Gasteiger partial charge in [0.2, 0.25) is 0 Å². The van der Waals surface area contributed by atoms with E-state index < -0.39 is 11.3 Å². The number of ether oxygens (including phenoxy) is 1. The summed E-state index contributed by atoms with van der Waals surface area (Å²) in [6, 6.07) is 21.1. The zero-order valence-corrected chi connectivity index (χ0v) is 19.4. The summed E-state index contributed by atoms with van der Waals surface area (Å²) in [7, 11) is 0. The fourth-order valence-electron chi connectivity index (χ4n) is 3.15. The molecule has 0 aliphatic rings. The Morgan fingerprint density at radius 1 is 1.03 bits per heavy atom. The van der Waals surface area contributed by atoms with Crippen LogP contribution < -0.4 is 14.4 Å². The standard InChI is InChI=1S/C24H25ClN2O5S/c25-23-4-2-1-3-19(23)13-14-27(33(30)31)21-9-7-20(8-10-21)24(29)26-17-18-5-11-22(12-6-18)32-16-15-28/h1-12,28H,13-17H2,(H,26,29)(H,30,31). The Morgan fingerprint density at radius 3 is 2.36 bits per heavy atom. The molecule has 0 saturated carbocycles. The highest BCUT2D eigenvalue weighted by Crippen LogP contribution is 2.20. The van der Waals surface area contributed by atoms with Crippen molar-refractivity contribution < 1.29 is 23.4 Å². The average molecular weight is 489 g/mol. The maximum absolute atomic E-state index is 12.5. The molecule has 174 valence electrons. The number of rotatable bonds is 11. The van der Waals surface area contributed by atoms with Gasteiger partial charge in [-0.1, -0.05) is 41.9 Å². The highest BCUT2D eigenvalue weighted by atomic mass is 35.5. The minimum absolute atomic E-state index is 0.0516. The average Bonchev–Trinajstić information content (AvgIpc) is 2.83. The van der Waals surface area contributed by atoms with Crippen molar-refractivity contribution in [3.05, 3.63) is 94.5 Å². The summed E-state index contributed by atoms with van der Waals surface area (Å²) < 4.78 is 28.3. The third-order valence-corrected chi connectivity index (χ3v) is 6.02.